The Morgan fingerprint density at radius 3 is 2.80 bits per heavy atom. The molecule has 3 heterocycles. The van der Waals surface area contributed by atoms with Crippen molar-refractivity contribution in [2.45, 2.75) is 32.6 Å². The molecule has 3 aromatic heterocycles. The van der Waals surface area contributed by atoms with E-state index in [2.05, 4.69) is 48.4 Å². The van der Waals surface area contributed by atoms with Crippen LogP contribution in [0, 0.1) is 11.3 Å². The molecule has 0 unspecified atom stereocenters. The second-order valence-electron chi connectivity index (χ2n) is 5.62. The van der Waals surface area contributed by atoms with E-state index in [0.717, 1.165) is 22.1 Å². The normalized spacial score (nSPS) is 11.9. The molecule has 0 bridgehead atoms. The maximum atomic E-state index is 9.39. The fourth-order valence-electron chi connectivity index (χ4n) is 2.04. The van der Waals surface area contributed by atoms with Crippen molar-refractivity contribution in [3.05, 3.63) is 38.8 Å². The van der Waals surface area contributed by atoms with Crippen molar-refractivity contribution in [2.24, 2.45) is 0 Å². The zero-order valence-corrected chi connectivity index (χ0v) is 13.2. The van der Waals surface area contributed by atoms with Gasteiger partial charge in [0.15, 0.2) is 5.69 Å². The third kappa shape index (κ3) is 2.23. The molecule has 0 aliphatic carbocycles. The van der Waals surface area contributed by atoms with E-state index in [0.29, 0.717) is 5.69 Å². The summed E-state index contributed by atoms with van der Waals surface area (Å²) >= 11 is 3.28. The van der Waals surface area contributed by atoms with Crippen LogP contribution in [0.1, 0.15) is 42.0 Å². The van der Waals surface area contributed by atoms with E-state index in [1.165, 1.54) is 4.88 Å². The zero-order valence-electron chi connectivity index (χ0n) is 11.5. The Balaban J connectivity index is 2.05. The minimum Gasteiger partial charge on any atom is -0.221 e. The first-order valence-electron chi connectivity index (χ1n) is 6.30. The van der Waals surface area contributed by atoms with Crippen LogP contribution in [0.4, 0.5) is 0 Å². The molecule has 0 amide bonds. The van der Waals surface area contributed by atoms with Gasteiger partial charge in [-0.25, -0.2) is 4.98 Å². The molecular formula is C14H14N4S2. The average molecular weight is 302 g/mol. The summed E-state index contributed by atoms with van der Waals surface area (Å²) in [6, 6.07) is 6.38. The highest BCUT2D eigenvalue weighted by Gasteiger charge is 2.25. The quantitative estimate of drug-likeness (QED) is 0.726. The highest BCUT2D eigenvalue weighted by atomic mass is 32.1. The minimum absolute atomic E-state index is 0.146. The van der Waals surface area contributed by atoms with Crippen molar-refractivity contribution in [1.82, 2.24) is 14.6 Å². The van der Waals surface area contributed by atoms with Crippen LogP contribution in [0.5, 0.6) is 0 Å². The molecule has 0 radical (unpaired) electrons. The van der Waals surface area contributed by atoms with E-state index in [9.17, 15) is 5.26 Å². The second kappa shape index (κ2) is 4.69. The summed E-state index contributed by atoms with van der Waals surface area (Å²) in [6.45, 7) is 6.19. The Hall–Kier alpha value is -1.71. The summed E-state index contributed by atoms with van der Waals surface area (Å²) in [5.74, 6) is 0. The Morgan fingerprint density at radius 1 is 1.40 bits per heavy atom. The van der Waals surface area contributed by atoms with Crippen molar-refractivity contribution in [2.75, 3.05) is 0 Å². The number of nitriles is 1. The van der Waals surface area contributed by atoms with Gasteiger partial charge in [0.05, 0.1) is 5.69 Å². The van der Waals surface area contributed by atoms with Crippen LogP contribution >= 0.6 is 22.7 Å². The number of imidazole rings is 1. The molecule has 0 atom stereocenters. The lowest BCUT2D eigenvalue weighted by Gasteiger charge is -2.14. The average Bonchev–Trinajstić information content (AvgIpc) is 3.02. The van der Waals surface area contributed by atoms with Crippen molar-refractivity contribution in [3.8, 4) is 6.07 Å². The third-order valence-corrected chi connectivity index (χ3v) is 4.75. The van der Waals surface area contributed by atoms with Gasteiger partial charge in [-0.3, -0.25) is 0 Å². The van der Waals surface area contributed by atoms with E-state index in [4.69, 9.17) is 0 Å². The monoisotopic (exact) mass is 302 g/mol. The highest BCUT2D eigenvalue weighted by molar-refractivity contribution is 7.17. The van der Waals surface area contributed by atoms with Gasteiger partial charge < -0.3 is 0 Å². The van der Waals surface area contributed by atoms with Gasteiger partial charge in [0.1, 0.15) is 11.1 Å². The van der Waals surface area contributed by atoms with Gasteiger partial charge in [0, 0.05) is 16.7 Å². The van der Waals surface area contributed by atoms with Crippen molar-refractivity contribution in [1.29, 1.82) is 5.26 Å². The van der Waals surface area contributed by atoms with Crippen LogP contribution in [0.25, 0.3) is 4.96 Å². The zero-order chi connectivity index (χ0) is 14.3. The number of rotatable bonds is 2. The number of aromatic nitrogens is 3. The van der Waals surface area contributed by atoms with Crippen molar-refractivity contribution < 1.29 is 0 Å². The van der Waals surface area contributed by atoms with Gasteiger partial charge in [-0.15, -0.1) is 11.3 Å². The van der Waals surface area contributed by atoms with E-state index >= 15 is 0 Å². The number of thiophene rings is 1. The standard InChI is InChI=1S/C14H14N4S2/c1-14(2,3)12-10(8-15)18-13(16-12)20-11(17-18)7-9-5-4-6-19-9/h4-6H,7H2,1-3H3. The van der Waals surface area contributed by atoms with E-state index in [1.807, 2.05) is 6.07 Å². The van der Waals surface area contributed by atoms with Crippen LogP contribution in [0.3, 0.4) is 0 Å². The summed E-state index contributed by atoms with van der Waals surface area (Å²) in [6.07, 6.45) is 0.807. The molecule has 0 aliphatic heterocycles. The topological polar surface area (TPSA) is 54.0 Å². The van der Waals surface area contributed by atoms with Gasteiger partial charge in [-0.2, -0.15) is 14.9 Å². The predicted molar refractivity (Wildman–Crippen MR) is 81.4 cm³/mol. The highest BCUT2D eigenvalue weighted by Crippen LogP contribution is 2.28. The van der Waals surface area contributed by atoms with Crippen LogP contribution in [0.15, 0.2) is 17.5 Å². The van der Waals surface area contributed by atoms with Crippen LogP contribution < -0.4 is 0 Å². The molecular weight excluding hydrogens is 288 g/mol. The Kier molecular flexibility index (Phi) is 3.11. The SMILES string of the molecule is CC(C)(C)c1nc2sc(Cc3cccs3)nn2c1C#N. The van der Waals surface area contributed by atoms with Crippen LogP contribution in [-0.4, -0.2) is 14.6 Å². The van der Waals surface area contributed by atoms with Gasteiger partial charge in [-0.05, 0) is 11.4 Å². The molecule has 0 saturated carbocycles. The van der Waals surface area contributed by atoms with Gasteiger partial charge in [-0.1, -0.05) is 38.2 Å². The molecule has 20 heavy (non-hydrogen) atoms. The van der Waals surface area contributed by atoms with Gasteiger partial charge in [0.2, 0.25) is 4.96 Å². The van der Waals surface area contributed by atoms with E-state index in [1.54, 1.807) is 27.2 Å². The lowest BCUT2D eigenvalue weighted by atomic mass is 9.91. The predicted octanol–water partition coefficient (Wildman–Crippen LogP) is 3.61. The first kappa shape index (κ1) is 13.3. The largest absolute Gasteiger partial charge is 0.221 e. The first-order chi connectivity index (χ1) is 9.49. The summed E-state index contributed by atoms with van der Waals surface area (Å²) < 4.78 is 1.69. The molecule has 0 spiro atoms. The lowest BCUT2D eigenvalue weighted by Crippen LogP contribution is -2.14. The smallest absolute Gasteiger partial charge is 0.213 e. The van der Waals surface area contributed by atoms with Crippen molar-refractivity contribution in [3.63, 3.8) is 0 Å². The van der Waals surface area contributed by atoms with Crippen LogP contribution in [-0.2, 0) is 11.8 Å². The lowest BCUT2D eigenvalue weighted by molar-refractivity contribution is 0.570. The molecule has 0 saturated heterocycles. The fraction of sp³-hybridized carbons (Fsp3) is 0.357. The minimum atomic E-state index is -0.146. The molecule has 0 aromatic carbocycles. The Labute approximate surface area is 125 Å². The second-order valence-corrected chi connectivity index (χ2v) is 7.69. The fourth-order valence-corrected chi connectivity index (χ4v) is 3.76. The number of fused-ring (bicyclic) bond motifs is 1. The van der Waals surface area contributed by atoms with Gasteiger partial charge >= 0.3 is 0 Å². The number of hydrogen-bond acceptors (Lipinski definition) is 5. The molecule has 0 aliphatic rings. The van der Waals surface area contributed by atoms with Gasteiger partial charge in [0.25, 0.3) is 0 Å². The Morgan fingerprint density at radius 2 is 2.20 bits per heavy atom. The Bertz CT molecular complexity index is 782. The number of nitrogens with zero attached hydrogens (tertiary/aromatic N) is 4. The van der Waals surface area contributed by atoms with E-state index in [-0.39, 0.29) is 5.41 Å². The maximum absolute atomic E-state index is 9.39. The summed E-state index contributed by atoms with van der Waals surface area (Å²) in [4.78, 5) is 6.68. The van der Waals surface area contributed by atoms with Crippen LogP contribution in [0.2, 0.25) is 0 Å². The summed E-state index contributed by atoms with van der Waals surface area (Å²) in [5.41, 5.74) is 1.23. The van der Waals surface area contributed by atoms with E-state index < -0.39 is 0 Å². The number of hydrogen-bond donors (Lipinski definition) is 0. The molecule has 3 aromatic rings. The summed E-state index contributed by atoms with van der Waals surface area (Å²) in [7, 11) is 0. The molecule has 4 nitrogen and oxygen atoms in total. The van der Waals surface area contributed by atoms with Crippen molar-refractivity contribution >= 4 is 27.6 Å². The first-order valence-corrected chi connectivity index (χ1v) is 8.00. The molecule has 0 N–H and O–H groups in total. The summed E-state index contributed by atoms with van der Waals surface area (Å²) in [5, 5.41) is 17.0. The molecule has 6 heteroatoms. The maximum Gasteiger partial charge on any atom is 0.213 e. The molecule has 102 valence electrons. The third-order valence-electron chi connectivity index (χ3n) is 2.97. The molecule has 0 fully saturated rings. The molecule has 3 rings (SSSR count).